The van der Waals surface area contributed by atoms with Gasteiger partial charge >= 0.3 is 5.97 Å². The lowest BCUT2D eigenvalue weighted by Gasteiger charge is -2.12. The fraction of sp³-hybridized carbons (Fsp3) is 0.267. The number of nitrogens with zero attached hydrogens (tertiary/aromatic N) is 7. The van der Waals surface area contributed by atoms with E-state index in [0.29, 0.717) is 66.1 Å². The highest BCUT2D eigenvalue weighted by Gasteiger charge is 2.31. The number of carbonyl (C=O) groups is 3. The van der Waals surface area contributed by atoms with Crippen molar-refractivity contribution in [2.75, 3.05) is 12.3 Å². The Balaban J connectivity index is 0.826. The number of tetrazole rings is 1. The average molecular weight is 901 g/mol. The number of hydrogen-bond donors (Lipinski definition) is 4. The second-order valence-corrected chi connectivity index (χ2v) is 17.7. The summed E-state index contributed by atoms with van der Waals surface area (Å²) < 4.78 is 9.91. The lowest BCUT2D eigenvalue weighted by molar-refractivity contribution is -0.118. The van der Waals surface area contributed by atoms with Gasteiger partial charge in [-0.2, -0.15) is 17.0 Å². The van der Waals surface area contributed by atoms with Crippen molar-refractivity contribution in [3.8, 4) is 28.3 Å². The molecule has 0 spiro atoms. The van der Waals surface area contributed by atoms with Crippen molar-refractivity contribution in [3.63, 3.8) is 0 Å². The minimum Gasteiger partial charge on any atom is -0.486 e. The number of thioether (sulfide) groups is 2. The summed E-state index contributed by atoms with van der Waals surface area (Å²) in [7, 11) is 1.96. The molecule has 322 valence electrons. The number of aromatic carboxylic acids is 1. The second-order valence-electron chi connectivity index (χ2n) is 15.0. The summed E-state index contributed by atoms with van der Waals surface area (Å²) in [5.74, 6) is 2.66. The number of ether oxygens (including phenoxy) is 1. The van der Waals surface area contributed by atoms with Crippen LogP contribution in [0.25, 0.3) is 33.5 Å². The Morgan fingerprint density at radius 1 is 0.968 bits per heavy atom. The van der Waals surface area contributed by atoms with Crippen LogP contribution in [0, 0.1) is 0 Å². The lowest BCUT2D eigenvalue weighted by Crippen LogP contribution is -2.25. The minimum atomic E-state index is -0.992. The molecule has 0 aliphatic carbocycles. The number of amides is 2. The fourth-order valence-corrected chi connectivity index (χ4v) is 9.39. The van der Waals surface area contributed by atoms with Gasteiger partial charge in [0.15, 0.2) is 5.69 Å². The molecule has 7 aromatic rings. The molecule has 63 heavy (non-hydrogen) atoms. The summed E-state index contributed by atoms with van der Waals surface area (Å²) >= 11 is 8.36. The number of hydrogen-bond acceptors (Lipinski definition) is 12. The summed E-state index contributed by atoms with van der Waals surface area (Å²) in [4.78, 5) is 46.5. The number of imidazole rings is 2. The van der Waals surface area contributed by atoms with Crippen LogP contribution >= 0.6 is 35.7 Å². The van der Waals surface area contributed by atoms with Crippen molar-refractivity contribution in [2.24, 2.45) is 7.05 Å². The number of H-pyrrole nitrogens is 1. The number of aromatic amines is 1. The molecule has 1 atom stereocenters. The topological polar surface area (TPSA) is 195 Å². The van der Waals surface area contributed by atoms with Gasteiger partial charge < -0.3 is 24.3 Å². The monoisotopic (exact) mass is 900 g/mol. The van der Waals surface area contributed by atoms with E-state index in [1.165, 1.54) is 0 Å². The first-order valence-electron chi connectivity index (χ1n) is 20.4. The number of aromatic nitrogens is 8. The third-order valence-electron chi connectivity index (χ3n) is 10.6. The van der Waals surface area contributed by atoms with Crippen LogP contribution in [0.2, 0.25) is 0 Å². The number of fused-ring (bicyclic) bond motifs is 1. The Bertz CT molecular complexity index is 2770. The molecule has 0 bridgehead atoms. The molecule has 4 N–H and O–H groups in total. The van der Waals surface area contributed by atoms with Crippen LogP contribution in [0.4, 0.5) is 4.79 Å². The highest BCUT2D eigenvalue weighted by molar-refractivity contribution is 8.15. The van der Waals surface area contributed by atoms with Crippen molar-refractivity contribution in [1.82, 2.24) is 50.4 Å². The van der Waals surface area contributed by atoms with Crippen LogP contribution in [0.5, 0.6) is 5.75 Å². The average Bonchev–Trinajstić information content (AvgIpc) is 4.07. The normalized spacial score (nSPS) is 13.7. The molecule has 1 aliphatic heterocycles. The molecule has 4 heterocycles. The van der Waals surface area contributed by atoms with Crippen molar-refractivity contribution < 1.29 is 24.2 Å². The maximum Gasteiger partial charge on any atom is 0.354 e. The van der Waals surface area contributed by atoms with E-state index in [1.807, 2.05) is 101 Å². The minimum absolute atomic E-state index is 0.224. The number of carboxylic acids is 1. The van der Waals surface area contributed by atoms with Gasteiger partial charge in [-0.15, -0.1) is 10.2 Å². The van der Waals surface area contributed by atoms with Crippen LogP contribution < -0.4 is 15.4 Å². The van der Waals surface area contributed by atoms with E-state index in [-0.39, 0.29) is 23.4 Å². The molecule has 0 radical (unpaired) electrons. The molecule has 4 aromatic carbocycles. The summed E-state index contributed by atoms with van der Waals surface area (Å²) in [5.41, 5.74) is 8.41. The van der Waals surface area contributed by atoms with E-state index in [9.17, 15) is 19.5 Å². The largest absolute Gasteiger partial charge is 0.486 e. The fourth-order valence-electron chi connectivity index (χ4n) is 7.47. The Labute approximate surface area is 376 Å². The third-order valence-corrected chi connectivity index (χ3v) is 12.8. The van der Waals surface area contributed by atoms with Crippen LogP contribution in [0.15, 0.2) is 91.0 Å². The lowest BCUT2D eigenvalue weighted by atomic mass is 9.98. The van der Waals surface area contributed by atoms with Gasteiger partial charge in [0.05, 0.1) is 27.0 Å². The zero-order valence-corrected chi connectivity index (χ0v) is 37.0. The van der Waals surface area contributed by atoms with E-state index < -0.39 is 11.2 Å². The summed E-state index contributed by atoms with van der Waals surface area (Å²) in [6.07, 6.45) is 2.54. The van der Waals surface area contributed by atoms with Gasteiger partial charge in [0.2, 0.25) is 11.7 Å². The molecule has 18 heteroatoms. The quantitative estimate of drug-likeness (QED) is 0.0471. The number of thiocarbonyl (C=S) groups is 1. The molecule has 1 unspecified atom stereocenters. The molecular weight excluding hydrogens is 857 g/mol. The SMILES string of the molecule is CCCc1nc(CSCCNC(=S)Cc2ccc3nc(COc4ccc(CC5SC(=O)NC5=O)cc4)n(C)c3c2)c(C(=O)O)n1Cc1ccc(-c2ccccc2-c2nn[nH]n2)cc1. The Kier molecular flexibility index (Phi) is 13.6. The van der Waals surface area contributed by atoms with Gasteiger partial charge in [-0.1, -0.05) is 97.6 Å². The first-order valence-corrected chi connectivity index (χ1v) is 22.8. The molecule has 0 saturated carbocycles. The van der Waals surface area contributed by atoms with E-state index in [4.69, 9.17) is 26.9 Å². The summed E-state index contributed by atoms with van der Waals surface area (Å²) in [6.45, 7) is 3.36. The smallest absolute Gasteiger partial charge is 0.354 e. The molecule has 1 aliphatic rings. The predicted molar refractivity (Wildman–Crippen MR) is 248 cm³/mol. The maximum absolute atomic E-state index is 12.7. The van der Waals surface area contributed by atoms with E-state index in [0.717, 1.165) is 74.2 Å². The van der Waals surface area contributed by atoms with Crippen LogP contribution in [0.3, 0.4) is 0 Å². The zero-order valence-electron chi connectivity index (χ0n) is 34.5. The van der Waals surface area contributed by atoms with Crippen LogP contribution in [-0.4, -0.2) is 84.5 Å². The molecular formula is C45H44N10O5S3. The van der Waals surface area contributed by atoms with Gasteiger partial charge in [0.25, 0.3) is 5.24 Å². The Morgan fingerprint density at radius 3 is 2.44 bits per heavy atom. The number of nitrogens with one attached hydrogen (secondary N) is 3. The van der Waals surface area contributed by atoms with Gasteiger partial charge in [0.1, 0.15) is 24.0 Å². The predicted octanol–water partition coefficient (Wildman–Crippen LogP) is 7.18. The number of carboxylic acid groups (broad SMARTS) is 1. The number of benzene rings is 4. The molecule has 15 nitrogen and oxygen atoms in total. The summed E-state index contributed by atoms with van der Waals surface area (Å²) in [6, 6.07) is 29.6. The summed E-state index contributed by atoms with van der Waals surface area (Å²) in [5, 5.41) is 29.9. The van der Waals surface area contributed by atoms with Crippen molar-refractivity contribution in [2.45, 2.75) is 56.8 Å². The third kappa shape index (κ3) is 10.3. The highest BCUT2D eigenvalue weighted by atomic mass is 32.2. The maximum atomic E-state index is 12.7. The highest BCUT2D eigenvalue weighted by Crippen LogP contribution is 2.31. The molecule has 1 fully saturated rings. The number of imide groups is 1. The van der Waals surface area contributed by atoms with E-state index >= 15 is 0 Å². The Morgan fingerprint density at radius 2 is 1.73 bits per heavy atom. The first kappa shape index (κ1) is 43.3. The van der Waals surface area contributed by atoms with Crippen LogP contribution in [-0.2, 0) is 50.0 Å². The van der Waals surface area contributed by atoms with Gasteiger partial charge in [-0.3, -0.25) is 14.9 Å². The molecule has 1 saturated heterocycles. The number of rotatable bonds is 19. The molecule has 2 amide bonds. The van der Waals surface area contributed by atoms with Gasteiger partial charge in [0, 0.05) is 50.0 Å². The van der Waals surface area contributed by atoms with E-state index in [1.54, 1.807) is 11.8 Å². The first-order chi connectivity index (χ1) is 30.6. The van der Waals surface area contributed by atoms with Crippen molar-refractivity contribution >= 4 is 68.9 Å². The van der Waals surface area contributed by atoms with E-state index in [2.05, 4.69) is 44.2 Å². The molecule has 8 rings (SSSR count). The molecule has 3 aromatic heterocycles. The second kappa shape index (κ2) is 19.8. The van der Waals surface area contributed by atoms with Gasteiger partial charge in [-0.05, 0) is 70.1 Å². The van der Waals surface area contributed by atoms with Crippen LogP contribution in [0.1, 0.15) is 57.9 Å². The zero-order chi connectivity index (χ0) is 43.9. The number of aryl methyl sites for hydroxylation is 2. The van der Waals surface area contributed by atoms with Crippen molar-refractivity contribution in [1.29, 1.82) is 0 Å². The van der Waals surface area contributed by atoms with Gasteiger partial charge in [-0.25, -0.2) is 14.8 Å². The Hall–Kier alpha value is -6.37. The van der Waals surface area contributed by atoms with Crippen molar-refractivity contribution in [3.05, 3.63) is 131 Å². The standard InChI is InChI=1S/C45H44N10O5S3/c1-3-6-38-48-35(41(44(57)58)55(38)24-28-9-14-30(15-10-28)32-7-4-5-8-33(32)42-50-52-53-51-42)26-62-20-19-46-40(61)23-29-13-18-34-36(21-29)54(2)39(47-34)25-60-31-16-11-27(12-17-31)22-37-43(56)49-45(59)63-37/h4-5,7-18,21,37H,3,6,19-20,22-26H2,1-2H3,(H,46,61)(H,57,58)(H,49,56,59)(H,50,51,52,53). The number of carbonyl (C=O) groups excluding carboxylic acids is 2.